The average Bonchev–Trinajstić information content (AvgIpc) is 3.22. The Kier molecular flexibility index (Phi) is 4.76. The van der Waals surface area contributed by atoms with Crippen LogP contribution in [0.3, 0.4) is 0 Å². The van der Waals surface area contributed by atoms with Gasteiger partial charge in [0.25, 0.3) is 0 Å². The fourth-order valence-electron chi connectivity index (χ4n) is 2.92. The lowest BCUT2D eigenvalue weighted by Crippen LogP contribution is -2.45. The van der Waals surface area contributed by atoms with Crippen molar-refractivity contribution in [2.75, 3.05) is 19.7 Å². The standard InChI is InChI=1S/C16H21N3O4/c20-16(17-12-7-8-12)14-5-3-9-18(14)10-11-23-15-6-2-1-4-13(15)19(21)22/h1-2,4,6,12,14H,3,5,7-11H2,(H,17,20). The zero-order valence-electron chi connectivity index (χ0n) is 12.9. The van der Waals surface area contributed by atoms with Gasteiger partial charge in [-0.2, -0.15) is 0 Å². The van der Waals surface area contributed by atoms with Gasteiger partial charge in [-0.25, -0.2) is 0 Å². The Hall–Kier alpha value is -2.15. The Morgan fingerprint density at radius 1 is 1.35 bits per heavy atom. The molecular formula is C16H21N3O4. The van der Waals surface area contributed by atoms with Gasteiger partial charge in [-0.3, -0.25) is 19.8 Å². The predicted molar refractivity (Wildman–Crippen MR) is 84.4 cm³/mol. The molecule has 0 spiro atoms. The van der Waals surface area contributed by atoms with Crippen molar-refractivity contribution in [3.8, 4) is 5.75 Å². The molecule has 0 radical (unpaired) electrons. The maximum atomic E-state index is 12.2. The lowest BCUT2D eigenvalue weighted by atomic mass is 10.2. The average molecular weight is 319 g/mol. The van der Waals surface area contributed by atoms with Crippen LogP contribution in [-0.4, -0.2) is 47.5 Å². The molecule has 1 unspecified atom stereocenters. The van der Waals surface area contributed by atoms with Crippen molar-refractivity contribution in [3.63, 3.8) is 0 Å². The number of carbonyl (C=O) groups excluding carboxylic acids is 1. The third kappa shape index (κ3) is 3.98. The smallest absolute Gasteiger partial charge is 0.310 e. The summed E-state index contributed by atoms with van der Waals surface area (Å²) in [7, 11) is 0. The molecule has 1 aliphatic carbocycles. The zero-order chi connectivity index (χ0) is 16.2. The SMILES string of the molecule is O=C(NC1CC1)C1CCCN1CCOc1ccccc1[N+](=O)[O-]. The first-order valence-corrected chi connectivity index (χ1v) is 8.06. The summed E-state index contributed by atoms with van der Waals surface area (Å²) >= 11 is 0. The highest BCUT2D eigenvalue weighted by atomic mass is 16.6. The number of hydrogen-bond acceptors (Lipinski definition) is 5. The van der Waals surface area contributed by atoms with Crippen LogP contribution in [0.5, 0.6) is 5.75 Å². The van der Waals surface area contributed by atoms with Gasteiger partial charge in [0, 0.05) is 18.7 Å². The molecule has 23 heavy (non-hydrogen) atoms. The van der Waals surface area contributed by atoms with Gasteiger partial charge in [-0.1, -0.05) is 12.1 Å². The number of carbonyl (C=O) groups is 1. The molecule has 2 aliphatic rings. The monoisotopic (exact) mass is 319 g/mol. The lowest BCUT2D eigenvalue weighted by molar-refractivity contribution is -0.385. The van der Waals surface area contributed by atoms with Crippen LogP contribution in [0.2, 0.25) is 0 Å². The highest BCUT2D eigenvalue weighted by Crippen LogP contribution is 2.26. The maximum absolute atomic E-state index is 12.2. The normalized spacial score (nSPS) is 21.1. The number of ether oxygens (including phenoxy) is 1. The van der Waals surface area contributed by atoms with E-state index in [0.717, 1.165) is 32.2 Å². The number of hydrogen-bond donors (Lipinski definition) is 1. The van der Waals surface area contributed by atoms with Crippen LogP contribution in [0, 0.1) is 10.1 Å². The van der Waals surface area contributed by atoms with Gasteiger partial charge >= 0.3 is 5.69 Å². The van der Waals surface area contributed by atoms with E-state index in [1.165, 1.54) is 6.07 Å². The number of nitro benzene ring substituents is 1. The Morgan fingerprint density at radius 2 is 2.13 bits per heavy atom. The van der Waals surface area contributed by atoms with Gasteiger partial charge in [-0.05, 0) is 38.3 Å². The van der Waals surface area contributed by atoms with E-state index < -0.39 is 4.92 Å². The summed E-state index contributed by atoms with van der Waals surface area (Å²) in [4.78, 5) is 24.8. The summed E-state index contributed by atoms with van der Waals surface area (Å²) in [5, 5.41) is 14.0. The van der Waals surface area contributed by atoms with E-state index >= 15 is 0 Å². The third-order valence-corrected chi connectivity index (χ3v) is 4.29. The first-order chi connectivity index (χ1) is 11.1. The number of para-hydroxylation sites is 2. The van der Waals surface area contributed by atoms with Crippen LogP contribution < -0.4 is 10.1 Å². The van der Waals surface area contributed by atoms with Crippen molar-refractivity contribution in [1.82, 2.24) is 10.2 Å². The number of likely N-dealkylation sites (tertiary alicyclic amines) is 1. The van der Waals surface area contributed by atoms with Crippen LogP contribution in [0.4, 0.5) is 5.69 Å². The molecule has 1 aromatic rings. The van der Waals surface area contributed by atoms with Gasteiger partial charge in [0.05, 0.1) is 11.0 Å². The summed E-state index contributed by atoms with van der Waals surface area (Å²) in [5.41, 5.74) is -0.0306. The van der Waals surface area contributed by atoms with E-state index in [1.807, 2.05) is 0 Å². The lowest BCUT2D eigenvalue weighted by Gasteiger charge is -2.23. The minimum atomic E-state index is -0.447. The van der Waals surface area contributed by atoms with Crippen molar-refractivity contribution in [3.05, 3.63) is 34.4 Å². The summed E-state index contributed by atoms with van der Waals surface area (Å²) in [6.07, 6.45) is 4.02. The van der Waals surface area contributed by atoms with E-state index in [4.69, 9.17) is 4.74 Å². The molecule has 1 N–H and O–H groups in total. The molecule has 124 valence electrons. The van der Waals surface area contributed by atoms with E-state index in [2.05, 4.69) is 10.2 Å². The molecule has 1 amide bonds. The molecule has 7 nitrogen and oxygen atoms in total. The van der Waals surface area contributed by atoms with Crippen molar-refractivity contribution >= 4 is 11.6 Å². The first kappa shape index (κ1) is 15.7. The van der Waals surface area contributed by atoms with Gasteiger partial charge in [0.2, 0.25) is 5.91 Å². The summed E-state index contributed by atoms with van der Waals surface area (Å²) in [6, 6.07) is 6.63. The number of benzene rings is 1. The second-order valence-corrected chi connectivity index (χ2v) is 6.05. The minimum Gasteiger partial charge on any atom is -0.485 e. The van der Waals surface area contributed by atoms with Crippen LogP contribution in [0.1, 0.15) is 25.7 Å². The second kappa shape index (κ2) is 6.95. The molecule has 1 heterocycles. The quantitative estimate of drug-likeness (QED) is 0.611. The number of amides is 1. The molecule has 1 aromatic carbocycles. The molecule has 3 rings (SSSR count). The number of nitro groups is 1. The van der Waals surface area contributed by atoms with Crippen LogP contribution in [0.15, 0.2) is 24.3 Å². The summed E-state index contributed by atoms with van der Waals surface area (Å²) in [5.74, 6) is 0.381. The number of nitrogens with one attached hydrogen (secondary N) is 1. The second-order valence-electron chi connectivity index (χ2n) is 6.05. The van der Waals surface area contributed by atoms with E-state index in [-0.39, 0.29) is 23.4 Å². The Bertz CT molecular complexity index is 588. The van der Waals surface area contributed by atoms with E-state index in [1.54, 1.807) is 18.2 Å². The van der Waals surface area contributed by atoms with Gasteiger partial charge in [-0.15, -0.1) is 0 Å². The molecular weight excluding hydrogens is 298 g/mol. The minimum absolute atomic E-state index is 0.0306. The van der Waals surface area contributed by atoms with Crippen molar-refractivity contribution in [1.29, 1.82) is 0 Å². The number of rotatable bonds is 7. The first-order valence-electron chi connectivity index (χ1n) is 8.06. The van der Waals surface area contributed by atoms with E-state index in [9.17, 15) is 14.9 Å². The highest BCUT2D eigenvalue weighted by Gasteiger charge is 2.33. The fourth-order valence-corrected chi connectivity index (χ4v) is 2.92. The van der Waals surface area contributed by atoms with Crippen molar-refractivity contribution in [2.45, 2.75) is 37.8 Å². The molecule has 2 fully saturated rings. The fraction of sp³-hybridized carbons (Fsp3) is 0.562. The Labute approximate surface area is 134 Å². The molecule has 7 heteroatoms. The molecule has 0 bridgehead atoms. The van der Waals surface area contributed by atoms with Gasteiger partial charge in [0.1, 0.15) is 6.61 Å². The molecule has 1 saturated heterocycles. The molecule has 0 aromatic heterocycles. The van der Waals surface area contributed by atoms with Gasteiger partial charge < -0.3 is 10.1 Å². The number of nitrogens with zero attached hydrogens (tertiary/aromatic N) is 2. The Morgan fingerprint density at radius 3 is 2.87 bits per heavy atom. The summed E-state index contributed by atoms with van der Waals surface area (Å²) < 4.78 is 5.57. The van der Waals surface area contributed by atoms with Crippen LogP contribution in [0.25, 0.3) is 0 Å². The zero-order valence-corrected chi connectivity index (χ0v) is 12.9. The van der Waals surface area contributed by atoms with Crippen LogP contribution in [-0.2, 0) is 4.79 Å². The van der Waals surface area contributed by atoms with Crippen molar-refractivity contribution in [2.24, 2.45) is 0 Å². The predicted octanol–water partition coefficient (Wildman–Crippen LogP) is 1.72. The maximum Gasteiger partial charge on any atom is 0.310 e. The van der Waals surface area contributed by atoms with Crippen LogP contribution >= 0.6 is 0 Å². The highest BCUT2D eigenvalue weighted by molar-refractivity contribution is 5.82. The third-order valence-electron chi connectivity index (χ3n) is 4.29. The molecule has 1 aliphatic heterocycles. The molecule has 1 saturated carbocycles. The van der Waals surface area contributed by atoms with Gasteiger partial charge in [0.15, 0.2) is 5.75 Å². The topological polar surface area (TPSA) is 84.7 Å². The van der Waals surface area contributed by atoms with E-state index in [0.29, 0.717) is 19.2 Å². The Balaban J connectivity index is 1.51. The molecule has 1 atom stereocenters. The summed E-state index contributed by atoms with van der Waals surface area (Å²) in [6.45, 7) is 1.79. The largest absolute Gasteiger partial charge is 0.485 e. The van der Waals surface area contributed by atoms with Crippen molar-refractivity contribution < 1.29 is 14.5 Å².